The summed E-state index contributed by atoms with van der Waals surface area (Å²) in [6, 6.07) is 0. The fourth-order valence-electron chi connectivity index (χ4n) is 2.81. The Morgan fingerprint density at radius 2 is 1.06 bits per heavy atom. The molecule has 0 radical (unpaired) electrons. The average Bonchev–Trinajstić information content (AvgIpc) is 2.02. The van der Waals surface area contributed by atoms with Gasteiger partial charge in [-0.2, -0.15) is 0 Å². The van der Waals surface area contributed by atoms with E-state index in [1.54, 1.807) is 0 Å². The average molecular weight is 283 g/mol. The molecule has 0 aliphatic rings. The van der Waals surface area contributed by atoms with Crippen LogP contribution < -0.4 is 0 Å². The topological polar surface area (TPSA) is 9.23 Å². The molecule has 0 aliphatic heterocycles. The van der Waals surface area contributed by atoms with Gasteiger partial charge < -0.3 is 4.12 Å². The lowest BCUT2D eigenvalue weighted by atomic mass is 10.5. The second-order valence-electron chi connectivity index (χ2n) is 6.02. The normalized spacial score (nSPS) is 13.5. The largest absolute Gasteiger partial charge is 0.459 e. The van der Waals surface area contributed by atoms with Crippen LogP contribution >= 0.6 is 12.4 Å². The third-order valence-corrected chi connectivity index (χ3v) is 12.1. The van der Waals surface area contributed by atoms with Crippen LogP contribution in [0.15, 0.2) is 0 Å². The standard InChI is InChI=1S/C12H30OSi2.ClH/c1-9(2)14-13-15(10(3)4,11(5)6)12(7)8;/h9-12H,14H2,1-8H3;1H. The van der Waals surface area contributed by atoms with E-state index in [0.29, 0.717) is 0 Å². The van der Waals surface area contributed by atoms with Gasteiger partial charge in [0.1, 0.15) is 9.76 Å². The Kier molecular flexibility index (Phi) is 9.40. The Labute approximate surface area is 112 Å². The monoisotopic (exact) mass is 282 g/mol. The van der Waals surface area contributed by atoms with E-state index in [1.807, 2.05) is 0 Å². The maximum Gasteiger partial charge on any atom is 0.187 e. The van der Waals surface area contributed by atoms with Gasteiger partial charge in [-0.25, -0.2) is 0 Å². The van der Waals surface area contributed by atoms with Crippen molar-refractivity contribution in [3.05, 3.63) is 0 Å². The molecular formula is C12H31ClOSi2. The number of rotatable bonds is 6. The molecule has 0 unspecified atom stereocenters. The van der Waals surface area contributed by atoms with Crippen molar-refractivity contribution in [3.8, 4) is 0 Å². The molecule has 0 rings (SSSR count). The molecule has 0 fully saturated rings. The van der Waals surface area contributed by atoms with E-state index in [9.17, 15) is 0 Å². The minimum Gasteiger partial charge on any atom is -0.459 e. The van der Waals surface area contributed by atoms with E-state index >= 15 is 0 Å². The van der Waals surface area contributed by atoms with Gasteiger partial charge in [0, 0.05) is 0 Å². The first kappa shape index (κ1) is 19.0. The summed E-state index contributed by atoms with van der Waals surface area (Å²) in [5.74, 6) is 0. The van der Waals surface area contributed by atoms with Gasteiger partial charge in [0.15, 0.2) is 8.32 Å². The zero-order chi connectivity index (χ0) is 12.2. The van der Waals surface area contributed by atoms with Gasteiger partial charge in [-0.1, -0.05) is 55.4 Å². The second kappa shape index (κ2) is 7.90. The first-order valence-electron chi connectivity index (χ1n) is 6.39. The van der Waals surface area contributed by atoms with Crippen molar-refractivity contribution in [1.82, 2.24) is 0 Å². The highest BCUT2D eigenvalue weighted by atomic mass is 35.5. The van der Waals surface area contributed by atoms with Crippen LogP contribution in [0, 0.1) is 0 Å². The molecular weight excluding hydrogens is 252 g/mol. The minimum absolute atomic E-state index is 0. The highest BCUT2D eigenvalue weighted by molar-refractivity contribution is 6.81. The van der Waals surface area contributed by atoms with Gasteiger partial charge in [0.2, 0.25) is 0 Å². The Balaban J connectivity index is 0. The SMILES string of the molecule is CC(C)[SiH2]O[Si](C(C)C)(C(C)C)C(C)C.Cl. The molecule has 0 saturated carbocycles. The van der Waals surface area contributed by atoms with Crippen LogP contribution in [0.1, 0.15) is 55.4 Å². The Morgan fingerprint density at radius 1 is 0.750 bits per heavy atom. The van der Waals surface area contributed by atoms with Crippen LogP contribution in [0.5, 0.6) is 0 Å². The summed E-state index contributed by atoms with van der Waals surface area (Å²) in [6.07, 6.45) is 0. The smallest absolute Gasteiger partial charge is 0.187 e. The zero-order valence-electron chi connectivity index (χ0n) is 12.3. The molecule has 4 heteroatoms. The summed E-state index contributed by atoms with van der Waals surface area (Å²) < 4.78 is 6.55. The third-order valence-electron chi connectivity index (χ3n) is 3.37. The van der Waals surface area contributed by atoms with Gasteiger partial charge in [-0.15, -0.1) is 12.4 Å². The molecule has 1 nitrogen and oxygen atoms in total. The molecule has 0 aromatic carbocycles. The van der Waals surface area contributed by atoms with Crippen molar-refractivity contribution >= 4 is 30.5 Å². The molecule has 0 heterocycles. The van der Waals surface area contributed by atoms with E-state index in [2.05, 4.69) is 55.4 Å². The van der Waals surface area contributed by atoms with E-state index in [-0.39, 0.29) is 22.2 Å². The minimum atomic E-state index is -1.53. The van der Waals surface area contributed by atoms with Crippen molar-refractivity contribution < 1.29 is 4.12 Å². The fourth-order valence-corrected chi connectivity index (χ4v) is 13.3. The first-order valence-corrected chi connectivity index (χ1v) is 9.92. The number of hydrogen-bond donors (Lipinski definition) is 0. The molecule has 16 heavy (non-hydrogen) atoms. The fraction of sp³-hybridized carbons (Fsp3) is 1.00. The predicted octanol–water partition coefficient (Wildman–Crippen LogP) is 4.51. The van der Waals surface area contributed by atoms with E-state index < -0.39 is 8.32 Å². The third kappa shape index (κ3) is 4.51. The molecule has 0 aromatic heterocycles. The predicted molar refractivity (Wildman–Crippen MR) is 83.0 cm³/mol. The summed E-state index contributed by atoms with van der Waals surface area (Å²) >= 11 is 0. The van der Waals surface area contributed by atoms with E-state index in [0.717, 1.165) is 22.2 Å². The molecule has 0 aromatic rings. The highest BCUT2D eigenvalue weighted by Gasteiger charge is 2.44. The van der Waals surface area contributed by atoms with Gasteiger partial charge in [0.05, 0.1) is 0 Å². The van der Waals surface area contributed by atoms with Gasteiger partial charge in [-0.3, -0.25) is 0 Å². The summed E-state index contributed by atoms with van der Waals surface area (Å²) in [7, 11) is -1.85. The zero-order valence-corrected chi connectivity index (χ0v) is 15.6. The summed E-state index contributed by atoms with van der Waals surface area (Å²) in [5.41, 5.74) is 3.00. The number of halogens is 1. The van der Waals surface area contributed by atoms with Crippen LogP contribution in [-0.4, -0.2) is 18.1 Å². The lowest BCUT2D eigenvalue weighted by Crippen LogP contribution is -2.48. The molecule has 0 N–H and O–H groups in total. The molecule has 100 valence electrons. The van der Waals surface area contributed by atoms with Crippen LogP contribution in [0.2, 0.25) is 22.2 Å². The van der Waals surface area contributed by atoms with Crippen LogP contribution in [0.25, 0.3) is 0 Å². The summed E-state index contributed by atoms with van der Waals surface area (Å²) in [6.45, 7) is 18.8. The lowest BCUT2D eigenvalue weighted by molar-refractivity contribution is 0.497. The van der Waals surface area contributed by atoms with Crippen LogP contribution in [-0.2, 0) is 4.12 Å². The van der Waals surface area contributed by atoms with Crippen molar-refractivity contribution in [2.24, 2.45) is 0 Å². The van der Waals surface area contributed by atoms with Crippen molar-refractivity contribution in [2.45, 2.75) is 77.6 Å². The highest BCUT2D eigenvalue weighted by Crippen LogP contribution is 2.42. The summed E-state index contributed by atoms with van der Waals surface area (Å²) in [4.78, 5) is 0. The summed E-state index contributed by atoms with van der Waals surface area (Å²) in [5, 5.41) is 0. The quantitative estimate of drug-likeness (QED) is 0.651. The van der Waals surface area contributed by atoms with Crippen molar-refractivity contribution in [2.75, 3.05) is 0 Å². The van der Waals surface area contributed by atoms with Crippen LogP contribution in [0.3, 0.4) is 0 Å². The molecule has 0 bridgehead atoms. The van der Waals surface area contributed by atoms with Gasteiger partial charge >= 0.3 is 0 Å². The van der Waals surface area contributed by atoms with Gasteiger partial charge in [-0.05, 0) is 22.2 Å². The van der Waals surface area contributed by atoms with E-state index in [1.165, 1.54) is 0 Å². The maximum atomic E-state index is 6.55. The molecule has 0 saturated heterocycles. The maximum absolute atomic E-state index is 6.55. The Morgan fingerprint density at radius 3 is 1.25 bits per heavy atom. The first-order chi connectivity index (χ1) is 6.75. The van der Waals surface area contributed by atoms with Gasteiger partial charge in [0.25, 0.3) is 0 Å². The van der Waals surface area contributed by atoms with Crippen molar-refractivity contribution in [1.29, 1.82) is 0 Å². The Bertz CT molecular complexity index is 160. The molecule has 0 amide bonds. The van der Waals surface area contributed by atoms with Crippen molar-refractivity contribution in [3.63, 3.8) is 0 Å². The molecule has 0 aliphatic carbocycles. The number of hydrogen-bond acceptors (Lipinski definition) is 1. The molecule has 0 atom stereocenters. The van der Waals surface area contributed by atoms with Crippen LogP contribution in [0.4, 0.5) is 0 Å². The molecule has 0 spiro atoms. The Hall–Kier alpha value is 0.684. The lowest BCUT2D eigenvalue weighted by Gasteiger charge is -2.43. The second-order valence-corrected chi connectivity index (χ2v) is 14.3. The van der Waals surface area contributed by atoms with E-state index in [4.69, 9.17) is 4.12 Å².